The predicted molar refractivity (Wildman–Crippen MR) is 83.0 cm³/mol. The summed E-state index contributed by atoms with van der Waals surface area (Å²) in [5, 5.41) is 14.1. The summed E-state index contributed by atoms with van der Waals surface area (Å²) in [4.78, 5) is 18.6. The van der Waals surface area contributed by atoms with Gasteiger partial charge in [0.2, 0.25) is 5.88 Å². The number of aliphatic hydroxyl groups excluding tert-OH is 1. The number of amides is 1. The summed E-state index contributed by atoms with van der Waals surface area (Å²) in [6, 6.07) is 5.20. The minimum Gasteiger partial charge on any atom is -0.481 e. The molecule has 3 rings (SSSR count). The Kier molecular flexibility index (Phi) is 4.29. The van der Waals surface area contributed by atoms with E-state index in [-0.39, 0.29) is 5.91 Å². The van der Waals surface area contributed by atoms with Crippen molar-refractivity contribution in [3.8, 4) is 5.88 Å². The van der Waals surface area contributed by atoms with Gasteiger partial charge >= 0.3 is 0 Å². The Morgan fingerprint density at radius 2 is 2.22 bits per heavy atom. The lowest BCUT2D eigenvalue weighted by molar-refractivity contribution is 0.0745. The van der Waals surface area contributed by atoms with E-state index >= 15 is 0 Å². The average Bonchev–Trinajstić information content (AvgIpc) is 2.86. The van der Waals surface area contributed by atoms with E-state index in [1.165, 1.54) is 7.11 Å². The first-order valence-electron chi connectivity index (χ1n) is 7.62. The number of hydrogen-bond acceptors (Lipinski definition) is 5. The molecule has 1 aliphatic heterocycles. The second kappa shape index (κ2) is 6.37. The van der Waals surface area contributed by atoms with Crippen molar-refractivity contribution in [1.82, 2.24) is 19.7 Å². The number of rotatable bonds is 3. The summed E-state index contributed by atoms with van der Waals surface area (Å²) in [7, 11) is 1.53. The van der Waals surface area contributed by atoms with E-state index in [0.29, 0.717) is 30.2 Å². The normalized spacial score (nSPS) is 15.7. The molecule has 7 nitrogen and oxygen atoms in total. The second-order valence-corrected chi connectivity index (χ2v) is 5.63. The molecule has 2 aromatic heterocycles. The Morgan fingerprint density at radius 3 is 2.96 bits per heavy atom. The zero-order valence-electron chi connectivity index (χ0n) is 13.3. The molecule has 1 atom stereocenters. The van der Waals surface area contributed by atoms with Crippen molar-refractivity contribution in [2.45, 2.75) is 32.5 Å². The highest BCUT2D eigenvalue weighted by atomic mass is 16.5. The van der Waals surface area contributed by atoms with Crippen molar-refractivity contribution in [2.75, 3.05) is 13.7 Å². The Balaban J connectivity index is 1.83. The van der Waals surface area contributed by atoms with Gasteiger partial charge in [-0.05, 0) is 25.5 Å². The van der Waals surface area contributed by atoms with Gasteiger partial charge in [0.1, 0.15) is 0 Å². The third kappa shape index (κ3) is 3.19. The van der Waals surface area contributed by atoms with Crippen LogP contribution >= 0.6 is 0 Å². The fraction of sp³-hybridized carbons (Fsp3) is 0.438. The van der Waals surface area contributed by atoms with Crippen LogP contribution in [0.15, 0.2) is 24.4 Å². The maximum atomic E-state index is 12.7. The smallest absolute Gasteiger partial charge is 0.254 e. The van der Waals surface area contributed by atoms with E-state index in [9.17, 15) is 9.90 Å². The van der Waals surface area contributed by atoms with Crippen LogP contribution in [0.3, 0.4) is 0 Å². The van der Waals surface area contributed by atoms with Gasteiger partial charge in [0.05, 0.1) is 31.1 Å². The summed E-state index contributed by atoms with van der Waals surface area (Å²) in [5.74, 6) is 0.367. The number of carbonyl (C=O) groups is 1. The molecule has 23 heavy (non-hydrogen) atoms. The van der Waals surface area contributed by atoms with Crippen molar-refractivity contribution in [2.24, 2.45) is 0 Å². The summed E-state index contributed by atoms with van der Waals surface area (Å²) in [6.45, 7) is 3.57. The summed E-state index contributed by atoms with van der Waals surface area (Å²) in [5.41, 5.74) is 2.13. The number of aromatic nitrogens is 3. The quantitative estimate of drug-likeness (QED) is 0.925. The van der Waals surface area contributed by atoms with E-state index < -0.39 is 6.10 Å². The number of aliphatic hydroxyl groups is 1. The van der Waals surface area contributed by atoms with Crippen molar-refractivity contribution in [3.63, 3.8) is 0 Å². The highest BCUT2D eigenvalue weighted by Gasteiger charge is 2.22. The average molecular weight is 316 g/mol. The largest absolute Gasteiger partial charge is 0.481 e. The SMILES string of the molecule is COc1cc(C(=O)N2CCCn3nc(C(C)O)cc3C2)ccn1. The van der Waals surface area contributed by atoms with E-state index in [1.54, 1.807) is 30.2 Å². The van der Waals surface area contributed by atoms with Crippen LogP contribution in [-0.4, -0.2) is 44.3 Å². The minimum absolute atomic E-state index is 0.0565. The maximum Gasteiger partial charge on any atom is 0.254 e. The van der Waals surface area contributed by atoms with Crippen LogP contribution in [0.2, 0.25) is 0 Å². The van der Waals surface area contributed by atoms with Crippen LogP contribution in [0.4, 0.5) is 0 Å². The van der Waals surface area contributed by atoms with Crippen LogP contribution in [0, 0.1) is 0 Å². The molecule has 0 aromatic carbocycles. The first kappa shape index (κ1) is 15.5. The molecule has 0 fully saturated rings. The molecule has 1 N–H and O–H groups in total. The molecular formula is C16H20N4O3. The first-order valence-corrected chi connectivity index (χ1v) is 7.62. The Labute approximate surface area is 134 Å². The molecule has 2 aromatic rings. The zero-order valence-corrected chi connectivity index (χ0v) is 13.3. The molecule has 0 saturated heterocycles. The van der Waals surface area contributed by atoms with E-state index in [4.69, 9.17) is 4.74 Å². The second-order valence-electron chi connectivity index (χ2n) is 5.63. The topological polar surface area (TPSA) is 80.5 Å². The predicted octanol–water partition coefficient (Wildman–Crippen LogP) is 1.39. The van der Waals surface area contributed by atoms with Gasteiger partial charge in [-0.1, -0.05) is 0 Å². The number of nitrogens with zero attached hydrogens (tertiary/aromatic N) is 4. The Morgan fingerprint density at radius 1 is 1.39 bits per heavy atom. The van der Waals surface area contributed by atoms with Crippen molar-refractivity contribution in [3.05, 3.63) is 41.3 Å². The minimum atomic E-state index is -0.608. The van der Waals surface area contributed by atoms with Gasteiger partial charge < -0.3 is 14.7 Å². The fourth-order valence-electron chi connectivity index (χ4n) is 2.70. The lowest BCUT2D eigenvalue weighted by Gasteiger charge is -2.20. The Bertz CT molecular complexity index is 711. The number of methoxy groups -OCH3 is 1. The van der Waals surface area contributed by atoms with Gasteiger partial charge in [-0.2, -0.15) is 5.10 Å². The molecule has 0 radical (unpaired) electrons. The van der Waals surface area contributed by atoms with Crippen molar-refractivity contribution >= 4 is 5.91 Å². The van der Waals surface area contributed by atoms with Gasteiger partial charge in [0, 0.05) is 30.9 Å². The number of ether oxygens (including phenoxy) is 1. The molecule has 0 spiro atoms. The molecule has 122 valence electrons. The molecule has 3 heterocycles. The molecule has 1 unspecified atom stereocenters. The van der Waals surface area contributed by atoms with Crippen LogP contribution in [-0.2, 0) is 13.1 Å². The molecule has 7 heteroatoms. The maximum absolute atomic E-state index is 12.7. The summed E-state index contributed by atoms with van der Waals surface area (Å²) in [6.07, 6.45) is 1.78. The van der Waals surface area contributed by atoms with E-state index in [1.807, 2.05) is 10.7 Å². The molecule has 0 aliphatic carbocycles. The van der Waals surface area contributed by atoms with Gasteiger partial charge in [0.15, 0.2) is 0 Å². The Hall–Kier alpha value is -2.41. The lowest BCUT2D eigenvalue weighted by atomic mass is 10.2. The van der Waals surface area contributed by atoms with Gasteiger partial charge in [-0.3, -0.25) is 9.48 Å². The molecule has 1 amide bonds. The van der Waals surface area contributed by atoms with Gasteiger partial charge in [-0.15, -0.1) is 0 Å². The monoisotopic (exact) mass is 316 g/mol. The zero-order chi connectivity index (χ0) is 16.4. The molecule has 0 saturated carbocycles. The molecule has 0 bridgehead atoms. The summed E-state index contributed by atoms with van der Waals surface area (Å²) < 4.78 is 6.96. The molecule has 1 aliphatic rings. The fourth-order valence-corrected chi connectivity index (χ4v) is 2.70. The number of fused-ring (bicyclic) bond motifs is 1. The highest BCUT2D eigenvalue weighted by molar-refractivity contribution is 5.94. The van der Waals surface area contributed by atoms with Crippen LogP contribution in [0.25, 0.3) is 0 Å². The van der Waals surface area contributed by atoms with Crippen LogP contribution < -0.4 is 4.74 Å². The third-order valence-corrected chi connectivity index (χ3v) is 3.94. The molecular weight excluding hydrogens is 296 g/mol. The van der Waals surface area contributed by atoms with E-state index in [0.717, 1.165) is 18.7 Å². The van der Waals surface area contributed by atoms with Crippen LogP contribution in [0.1, 0.15) is 41.2 Å². The summed E-state index contributed by atoms with van der Waals surface area (Å²) >= 11 is 0. The van der Waals surface area contributed by atoms with Gasteiger partial charge in [0.25, 0.3) is 5.91 Å². The highest BCUT2D eigenvalue weighted by Crippen LogP contribution is 2.20. The third-order valence-electron chi connectivity index (χ3n) is 3.94. The first-order chi connectivity index (χ1) is 11.1. The van der Waals surface area contributed by atoms with Crippen LogP contribution in [0.5, 0.6) is 5.88 Å². The van der Waals surface area contributed by atoms with E-state index in [2.05, 4.69) is 10.1 Å². The number of aryl methyl sites for hydroxylation is 1. The number of hydrogen-bond donors (Lipinski definition) is 1. The van der Waals surface area contributed by atoms with Gasteiger partial charge in [-0.25, -0.2) is 4.98 Å². The standard InChI is InChI=1S/C16H20N4O3/c1-11(21)14-9-13-10-19(6-3-7-20(13)18-14)16(22)12-4-5-17-15(8-12)23-2/h4-5,8-9,11,21H,3,6-7,10H2,1-2H3. The number of carbonyl (C=O) groups excluding carboxylic acids is 1. The lowest BCUT2D eigenvalue weighted by Crippen LogP contribution is -2.30. The van der Waals surface area contributed by atoms with Crippen molar-refractivity contribution in [1.29, 1.82) is 0 Å². The number of pyridine rings is 1. The van der Waals surface area contributed by atoms with Crippen molar-refractivity contribution < 1.29 is 14.6 Å².